The lowest BCUT2D eigenvalue weighted by molar-refractivity contribution is -0.127. The molecule has 0 aromatic heterocycles. The molecule has 5 heteroatoms. The smallest absolute Gasteiger partial charge is 0.291 e. The van der Waals surface area contributed by atoms with Crippen molar-refractivity contribution in [2.24, 2.45) is 5.92 Å². The maximum atomic E-state index is 12.1. The number of nitrogens with one attached hydrogen (secondary N) is 1. The summed E-state index contributed by atoms with van der Waals surface area (Å²) >= 11 is 0. The second-order valence-corrected chi connectivity index (χ2v) is 4.70. The minimum absolute atomic E-state index is 0.503. The van der Waals surface area contributed by atoms with Gasteiger partial charge >= 0.3 is 6.18 Å². The molecule has 0 aromatic carbocycles. The lowest BCUT2D eigenvalue weighted by atomic mass is 9.91. The van der Waals surface area contributed by atoms with Gasteiger partial charge in [0.2, 0.25) is 0 Å². The van der Waals surface area contributed by atoms with Crippen LogP contribution in [-0.2, 0) is 0 Å². The van der Waals surface area contributed by atoms with Crippen LogP contribution in [0.25, 0.3) is 0 Å². The number of hydrogen-bond acceptors (Lipinski definition) is 2. The second kappa shape index (κ2) is 5.05. The molecule has 2 nitrogen and oxygen atoms in total. The highest BCUT2D eigenvalue weighted by molar-refractivity contribution is 5.08. The van der Waals surface area contributed by atoms with Gasteiger partial charge in [-0.05, 0) is 25.2 Å². The van der Waals surface area contributed by atoms with E-state index in [0.717, 1.165) is 19.3 Å². The van der Waals surface area contributed by atoms with Crippen LogP contribution in [0.2, 0.25) is 0 Å². The summed E-state index contributed by atoms with van der Waals surface area (Å²) in [5.74, 6) is 0.503. The van der Waals surface area contributed by atoms with Crippen LogP contribution in [0, 0.1) is 17.2 Å². The highest BCUT2D eigenvalue weighted by Gasteiger charge is 2.36. The van der Waals surface area contributed by atoms with Gasteiger partial charge in [-0.1, -0.05) is 19.8 Å². The van der Waals surface area contributed by atoms with Crippen LogP contribution in [-0.4, -0.2) is 18.3 Å². The average molecular weight is 234 g/mol. The predicted octanol–water partition coefficient (Wildman–Crippen LogP) is 3.00. The standard InChI is InChI=1S/C11H17F3N2/c1-9-3-2-5-10(7-15,6-4-9)16-8-11(12,13)14/h9,16H,2-6,8H2,1H3. The first kappa shape index (κ1) is 13.3. The van der Waals surface area contributed by atoms with Crippen molar-refractivity contribution < 1.29 is 13.2 Å². The maximum absolute atomic E-state index is 12.1. The molecular formula is C11H17F3N2. The van der Waals surface area contributed by atoms with Crippen molar-refractivity contribution in [1.29, 1.82) is 5.26 Å². The molecule has 1 N–H and O–H groups in total. The molecule has 1 aliphatic carbocycles. The van der Waals surface area contributed by atoms with Gasteiger partial charge in [0.1, 0.15) is 5.54 Å². The quantitative estimate of drug-likeness (QED) is 0.745. The maximum Gasteiger partial charge on any atom is 0.401 e. The molecule has 1 saturated carbocycles. The van der Waals surface area contributed by atoms with E-state index in [4.69, 9.17) is 5.26 Å². The van der Waals surface area contributed by atoms with Gasteiger partial charge in [-0.25, -0.2) is 0 Å². The van der Waals surface area contributed by atoms with Crippen LogP contribution >= 0.6 is 0 Å². The number of halogens is 3. The second-order valence-electron chi connectivity index (χ2n) is 4.70. The number of alkyl halides is 3. The van der Waals surface area contributed by atoms with Crippen LogP contribution in [0.5, 0.6) is 0 Å². The minimum Gasteiger partial charge on any atom is -0.291 e. The van der Waals surface area contributed by atoms with Crippen molar-refractivity contribution in [3.05, 3.63) is 0 Å². The Morgan fingerprint density at radius 2 is 2.06 bits per heavy atom. The lowest BCUT2D eigenvalue weighted by Crippen LogP contribution is -2.47. The summed E-state index contributed by atoms with van der Waals surface area (Å²) in [6, 6.07) is 2.04. The Labute approximate surface area is 93.8 Å². The third kappa shape index (κ3) is 4.01. The van der Waals surface area contributed by atoms with E-state index in [2.05, 4.69) is 12.2 Å². The van der Waals surface area contributed by atoms with Crippen LogP contribution in [0.1, 0.15) is 39.0 Å². The highest BCUT2D eigenvalue weighted by atomic mass is 19.4. The van der Waals surface area contributed by atoms with Crippen LogP contribution in [0.4, 0.5) is 13.2 Å². The fraction of sp³-hybridized carbons (Fsp3) is 0.909. The molecular weight excluding hydrogens is 217 g/mol. The summed E-state index contributed by atoms with van der Waals surface area (Å²) in [7, 11) is 0. The Morgan fingerprint density at radius 1 is 1.38 bits per heavy atom. The van der Waals surface area contributed by atoms with Crippen molar-refractivity contribution in [3.8, 4) is 6.07 Å². The molecule has 0 amide bonds. The van der Waals surface area contributed by atoms with Gasteiger partial charge in [-0.3, -0.25) is 5.32 Å². The fourth-order valence-electron chi connectivity index (χ4n) is 2.11. The van der Waals surface area contributed by atoms with E-state index in [1.165, 1.54) is 0 Å². The van der Waals surface area contributed by atoms with Gasteiger partial charge in [0.05, 0.1) is 12.6 Å². The van der Waals surface area contributed by atoms with Crippen molar-refractivity contribution >= 4 is 0 Å². The van der Waals surface area contributed by atoms with Gasteiger partial charge in [0.25, 0.3) is 0 Å². The van der Waals surface area contributed by atoms with Crippen LogP contribution in [0.15, 0.2) is 0 Å². The van der Waals surface area contributed by atoms with Gasteiger partial charge < -0.3 is 0 Å². The van der Waals surface area contributed by atoms with Crippen molar-refractivity contribution in [1.82, 2.24) is 5.32 Å². The molecule has 1 aliphatic rings. The topological polar surface area (TPSA) is 35.8 Å². The zero-order valence-electron chi connectivity index (χ0n) is 9.40. The monoisotopic (exact) mass is 234 g/mol. The summed E-state index contributed by atoms with van der Waals surface area (Å²) in [5, 5.41) is 11.5. The van der Waals surface area contributed by atoms with Gasteiger partial charge in [-0.2, -0.15) is 18.4 Å². The summed E-state index contributed by atoms with van der Waals surface area (Å²) in [6.07, 6.45) is -0.582. The van der Waals surface area contributed by atoms with E-state index in [0.29, 0.717) is 18.8 Å². The largest absolute Gasteiger partial charge is 0.401 e. The van der Waals surface area contributed by atoms with Gasteiger partial charge in [0, 0.05) is 0 Å². The Balaban J connectivity index is 2.59. The van der Waals surface area contributed by atoms with E-state index >= 15 is 0 Å². The first-order chi connectivity index (χ1) is 7.37. The summed E-state index contributed by atoms with van der Waals surface area (Å²) in [4.78, 5) is 0. The van der Waals surface area contributed by atoms with Crippen LogP contribution < -0.4 is 5.32 Å². The van der Waals surface area contributed by atoms with E-state index in [-0.39, 0.29) is 0 Å². The van der Waals surface area contributed by atoms with E-state index in [1.54, 1.807) is 0 Å². The van der Waals surface area contributed by atoms with E-state index in [1.807, 2.05) is 6.07 Å². The van der Waals surface area contributed by atoms with Crippen LogP contribution in [0.3, 0.4) is 0 Å². The van der Waals surface area contributed by atoms with E-state index < -0.39 is 18.3 Å². The molecule has 2 atom stereocenters. The molecule has 0 saturated heterocycles. The molecule has 0 heterocycles. The molecule has 0 aromatic rings. The first-order valence-corrected chi connectivity index (χ1v) is 5.60. The lowest BCUT2D eigenvalue weighted by Gasteiger charge is -2.27. The normalized spacial score (nSPS) is 31.8. The Hall–Kier alpha value is -0.760. The van der Waals surface area contributed by atoms with Gasteiger partial charge in [0.15, 0.2) is 0 Å². The molecule has 1 rings (SSSR count). The Kier molecular flexibility index (Phi) is 4.20. The zero-order chi connectivity index (χ0) is 12.2. The number of hydrogen-bond donors (Lipinski definition) is 1. The third-order valence-electron chi connectivity index (χ3n) is 3.21. The zero-order valence-corrected chi connectivity index (χ0v) is 9.40. The average Bonchev–Trinajstić information content (AvgIpc) is 2.38. The molecule has 1 fully saturated rings. The summed E-state index contributed by atoms with van der Waals surface area (Å²) in [6.45, 7) is 1.01. The Morgan fingerprint density at radius 3 is 2.62 bits per heavy atom. The van der Waals surface area contributed by atoms with E-state index in [9.17, 15) is 13.2 Å². The number of nitriles is 1. The molecule has 92 valence electrons. The highest BCUT2D eigenvalue weighted by Crippen LogP contribution is 2.30. The fourth-order valence-corrected chi connectivity index (χ4v) is 2.11. The molecule has 0 bridgehead atoms. The summed E-state index contributed by atoms with van der Waals surface area (Å²) in [5.41, 5.74) is -0.972. The SMILES string of the molecule is CC1CCCC(C#N)(NCC(F)(F)F)CC1. The number of nitrogens with zero attached hydrogens (tertiary/aromatic N) is 1. The van der Waals surface area contributed by atoms with Crippen molar-refractivity contribution in [2.45, 2.75) is 50.7 Å². The van der Waals surface area contributed by atoms with Crippen molar-refractivity contribution in [2.75, 3.05) is 6.54 Å². The van der Waals surface area contributed by atoms with Gasteiger partial charge in [-0.15, -0.1) is 0 Å². The molecule has 0 spiro atoms. The number of rotatable bonds is 2. The predicted molar refractivity (Wildman–Crippen MR) is 54.7 cm³/mol. The molecule has 16 heavy (non-hydrogen) atoms. The molecule has 0 aliphatic heterocycles. The Bertz CT molecular complexity index is 269. The summed E-state index contributed by atoms with van der Waals surface area (Å²) < 4.78 is 36.4. The first-order valence-electron chi connectivity index (χ1n) is 5.60. The minimum atomic E-state index is -4.25. The molecule has 2 unspecified atom stereocenters. The van der Waals surface area contributed by atoms with Crippen molar-refractivity contribution in [3.63, 3.8) is 0 Å². The third-order valence-corrected chi connectivity index (χ3v) is 3.21. The molecule has 0 radical (unpaired) electrons.